The molecular weight excluding hydrogens is 447 g/mol. The molecule has 0 atom stereocenters. The molecule has 0 aliphatic rings. The second-order valence-electron chi connectivity index (χ2n) is 7.17. The Morgan fingerprint density at radius 2 is 1.78 bits per heavy atom. The van der Waals surface area contributed by atoms with Crippen LogP contribution in [0.15, 0.2) is 57.9 Å². The Morgan fingerprint density at radius 1 is 1.12 bits per heavy atom. The number of hydrogen-bond donors (Lipinski definition) is 1. The number of anilines is 1. The number of nitrogens with zero attached hydrogens (tertiary/aromatic N) is 2. The molecule has 0 bridgehead atoms. The maximum Gasteiger partial charge on any atom is 0.416 e. The van der Waals surface area contributed by atoms with Crippen molar-refractivity contribution in [2.24, 2.45) is 0 Å². The zero-order valence-corrected chi connectivity index (χ0v) is 18.2. The van der Waals surface area contributed by atoms with Gasteiger partial charge >= 0.3 is 6.18 Å². The van der Waals surface area contributed by atoms with Crippen molar-refractivity contribution in [2.75, 3.05) is 11.8 Å². The molecule has 0 saturated heterocycles. The molecule has 0 saturated carbocycles. The van der Waals surface area contributed by atoms with Crippen molar-refractivity contribution in [3.63, 3.8) is 0 Å². The number of alkyl halides is 3. The fraction of sp³-hybridized carbons (Fsp3) is 0.238. The van der Waals surface area contributed by atoms with E-state index in [1.165, 1.54) is 35.2 Å². The van der Waals surface area contributed by atoms with Gasteiger partial charge in [-0.2, -0.15) is 13.2 Å². The maximum absolute atomic E-state index is 12.9. The van der Waals surface area contributed by atoms with Crippen LogP contribution in [0.3, 0.4) is 0 Å². The number of nitrogens with one attached hydrogen (secondary N) is 1. The van der Waals surface area contributed by atoms with E-state index in [2.05, 4.69) is 9.88 Å². The van der Waals surface area contributed by atoms with Gasteiger partial charge in [0.25, 0.3) is 15.9 Å². The van der Waals surface area contributed by atoms with E-state index in [9.17, 15) is 26.4 Å². The molecule has 0 aliphatic carbocycles. The third-order valence-corrected chi connectivity index (χ3v) is 6.17. The molecule has 7 nitrogen and oxygen atoms in total. The third kappa shape index (κ3) is 5.10. The van der Waals surface area contributed by atoms with Gasteiger partial charge in [-0.05, 0) is 56.3 Å². The van der Waals surface area contributed by atoms with E-state index in [1.807, 2.05) is 0 Å². The highest BCUT2D eigenvalue weighted by atomic mass is 32.2. The number of rotatable bonds is 6. The van der Waals surface area contributed by atoms with Crippen molar-refractivity contribution in [3.8, 4) is 0 Å². The van der Waals surface area contributed by atoms with Crippen LogP contribution in [0.5, 0.6) is 0 Å². The molecule has 1 aromatic heterocycles. The van der Waals surface area contributed by atoms with E-state index in [-0.39, 0.29) is 28.6 Å². The van der Waals surface area contributed by atoms with Gasteiger partial charge in [0.1, 0.15) is 5.76 Å². The lowest BCUT2D eigenvalue weighted by Crippen LogP contribution is -2.26. The number of sulfonamides is 1. The molecule has 2 aromatic carbocycles. The van der Waals surface area contributed by atoms with Crippen molar-refractivity contribution in [3.05, 3.63) is 76.7 Å². The Balaban J connectivity index is 1.75. The van der Waals surface area contributed by atoms with Gasteiger partial charge in [-0.15, -0.1) is 0 Å². The van der Waals surface area contributed by atoms with Crippen LogP contribution in [0, 0.1) is 13.8 Å². The van der Waals surface area contributed by atoms with Gasteiger partial charge in [-0.3, -0.25) is 9.52 Å². The average Bonchev–Trinajstić information content (AvgIpc) is 3.04. The molecule has 0 spiro atoms. The molecule has 0 fully saturated rings. The van der Waals surface area contributed by atoms with Crippen LogP contribution in [0.4, 0.5) is 18.9 Å². The highest BCUT2D eigenvalue weighted by molar-refractivity contribution is 7.92. The first-order chi connectivity index (χ1) is 14.9. The predicted octanol–water partition coefficient (Wildman–Crippen LogP) is 4.38. The van der Waals surface area contributed by atoms with Crippen molar-refractivity contribution in [1.29, 1.82) is 0 Å². The van der Waals surface area contributed by atoms with Gasteiger partial charge in [0.2, 0.25) is 0 Å². The van der Waals surface area contributed by atoms with Gasteiger partial charge in [-0.1, -0.05) is 11.2 Å². The number of benzene rings is 2. The minimum atomic E-state index is -4.60. The summed E-state index contributed by atoms with van der Waals surface area (Å²) < 4.78 is 70.9. The summed E-state index contributed by atoms with van der Waals surface area (Å²) in [6.45, 7) is 3.77. The molecule has 32 heavy (non-hydrogen) atoms. The molecule has 0 aliphatic heterocycles. The van der Waals surface area contributed by atoms with Gasteiger partial charge in [0, 0.05) is 23.9 Å². The number of carbonyl (C=O) groups excluding carboxylic acids is 1. The molecule has 0 unspecified atom stereocenters. The highest BCUT2D eigenvalue weighted by Gasteiger charge is 2.30. The fourth-order valence-electron chi connectivity index (χ4n) is 3.01. The van der Waals surface area contributed by atoms with E-state index in [4.69, 9.17) is 4.52 Å². The molecule has 3 aromatic rings. The smallest absolute Gasteiger partial charge is 0.361 e. The Labute approximate surface area is 182 Å². The number of aryl methyl sites for hydroxylation is 2. The predicted molar refractivity (Wildman–Crippen MR) is 110 cm³/mol. The molecule has 1 amide bonds. The summed E-state index contributed by atoms with van der Waals surface area (Å²) in [5, 5.41) is 3.84. The topological polar surface area (TPSA) is 92.5 Å². The molecule has 3 rings (SSSR count). The molecule has 0 radical (unpaired) electrons. The number of carbonyl (C=O) groups is 1. The zero-order chi connectivity index (χ0) is 23.7. The first-order valence-electron chi connectivity index (χ1n) is 9.36. The largest absolute Gasteiger partial charge is 0.416 e. The Kier molecular flexibility index (Phi) is 6.31. The Hall–Kier alpha value is -3.34. The molecule has 11 heteroatoms. The second kappa shape index (κ2) is 8.65. The monoisotopic (exact) mass is 467 g/mol. The molecule has 1 N–H and O–H groups in total. The average molecular weight is 467 g/mol. The van der Waals surface area contributed by atoms with E-state index in [0.717, 1.165) is 17.7 Å². The lowest BCUT2D eigenvalue weighted by Gasteiger charge is -2.17. The summed E-state index contributed by atoms with van der Waals surface area (Å²) in [7, 11) is -2.56. The number of halogens is 3. The van der Waals surface area contributed by atoms with E-state index in [1.54, 1.807) is 20.9 Å². The Bertz CT molecular complexity index is 1220. The fourth-order valence-corrected chi connectivity index (χ4v) is 4.06. The SMILES string of the molecule is Cc1noc(C)c1CN(C)C(=O)c1ccc(S(=O)(=O)Nc2cccc(C(F)(F)F)c2)cc1. The van der Waals surface area contributed by atoms with Crippen LogP contribution in [-0.4, -0.2) is 31.4 Å². The van der Waals surface area contributed by atoms with Crippen molar-refractivity contribution >= 4 is 21.6 Å². The Morgan fingerprint density at radius 3 is 2.34 bits per heavy atom. The first-order valence-corrected chi connectivity index (χ1v) is 10.8. The van der Waals surface area contributed by atoms with Crippen LogP contribution < -0.4 is 4.72 Å². The minimum absolute atomic E-state index is 0.195. The standard InChI is InChI=1S/C21H20F3N3O4S/c1-13-19(14(2)31-25-13)12-27(3)20(28)15-7-9-18(10-8-15)32(29,30)26-17-6-4-5-16(11-17)21(22,23)24/h4-11,26H,12H2,1-3H3. The van der Waals surface area contributed by atoms with E-state index in [0.29, 0.717) is 17.5 Å². The summed E-state index contributed by atoms with van der Waals surface area (Å²) in [6, 6.07) is 8.99. The number of aromatic nitrogens is 1. The molecular formula is C21H20F3N3O4S. The second-order valence-corrected chi connectivity index (χ2v) is 8.85. The van der Waals surface area contributed by atoms with Crippen LogP contribution in [0.2, 0.25) is 0 Å². The number of amides is 1. The lowest BCUT2D eigenvalue weighted by atomic mass is 10.1. The summed E-state index contributed by atoms with van der Waals surface area (Å²) in [5.41, 5.74) is 0.506. The van der Waals surface area contributed by atoms with Crippen LogP contribution in [0.25, 0.3) is 0 Å². The molecule has 170 valence electrons. The quantitative estimate of drug-likeness (QED) is 0.581. The normalized spacial score (nSPS) is 11.9. The zero-order valence-electron chi connectivity index (χ0n) is 17.4. The summed E-state index contributed by atoms with van der Waals surface area (Å²) in [6.07, 6.45) is -4.60. The summed E-state index contributed by atoms with van der Waals surface area (Å²) in [5.74, 6) is 0.254. The maximum atomic E-state index is 12.9. The lowest BCUT2D eigenvalue weighted by molar-refractivity contribution is -0.137. The van der Waals surface area contributed by atoms with Gasteiger partial charge in [0.15, 0.2) is 0 Å². The van der Waals surface area contributed by atoms with Crippen molar-refractivity contribution in [1.82, 2.24) is 10.1 Å². The van der Waals surface area contributed by atoms with E-state index >= 15 is 0 Å². The van der Waals surface area contributed by atoms with Gasteiger partial charge in [-0.25, -0.2) is 8.42 Å². The summed E-state index contributed by atoms with van der Waals surface area (Å²) >= 11 is 0. The van der Waals surface area contributed by atoms with Gasteiger partial charge in [0.05, 0.1) is 22.7 Å². The van der Waals surface area contributed by atoms with Crippen molar-refractivity contribution in [2.45, 2.75) is 31.5 Å². The highest BCUT2D eigenvalue weighted by Crippen LogP contribution is 2.31. The van der Waals surface area contributed by atoms with Crippen LogP contribution in [-0.2, 0) is 22.7 Å². The first kappa shape index (κ1) is 23.3. The van der Waals surface area contributed by atoms with E-state index < -0.39 is 21.8 Å². The number of hydrogen-bond acceptors (Lipinski definition) is 5. The molecule has 1 heterocycles. The minimum Gasteiger partial charge on any atom is -0.361 e. The third-order valence-electron chi connectivity index (χ3n) is 4.78. The van der Waals surface area contributed by atoms with Crippen LogP contribution in [0.1, 0.15) is 32.9 Å². The van der Waals surface area contributed by atoms with Crippen LogP contribution >= 0.6 is 0 Å². The van der Waals surface area contributed by atoms with Gasteiger partial charge < -0.3 is 9.42 Å². The summed E-state index contributed by atoms with van der Waals surface area (Å²) in [4.78, 5) is 13.9. The van der Waals surface area contributed by atoms with Crippen molar-refractivity contribution < 1.29 is 30.9 Å².